The monoisotopic (exact) mass is 384 g/mol. The van der Waals surface area contributed by atoms with Crippen LogP contribution in [-0.4, -0.2) is 44.8 Å². The number of benzene rings is 2. The van der Waals surface area contributed by atoms with Crippen LogP contribution in [0.2, 0.25) is 0 Å². The molecule has 0 bridgehead atoms. The summed E-state index contributed by atoms with van der Waals surface area (Å²) in [6.45, 7) is 3.99. The first kappa shape index (κ1) is 19.5. The summed E-state index contributed by atoms with van der Waals surface area (Å²) in [5, 5.41) is 3.24. The summed E-state index contributed by atoms with van der Waals surface area (Å²) in [6.07, 6.45) is 0. The highest BCUT2D eigenvalue weighted by Crippen LogP contribution is 2.34. The van der Waals surface area contributed by atoms with Crippen LogP contribution in [0.15, 0.2) is 42.5 Å². The zero-order valence-electron chi connectivity index (χ0n) is 16.4. The molecule has 2 aromatic carbocycles. The number of carbonyl (C=O) groups is 2. The Kier molecular flexibility index (Phi) is 5.44. The molecule has 2 aromatic rings. The largest absolute Gasteiger partial charge is 0.493 e. The van der Waals surface area contributed by atoms with Gasteiger partial charge in [-0.25, -0.2) is 4.79 Å². The number of fused-ring (bicyclic) bond motifs is 1. The Bertz CT molecular complexity index is 894. The number of rotatable bonds is 6. The van der Waals surface area contributed by atoms with Crippen LogP contribution in [0.3, 0.4) is 0 Å². The van der Waals surface area contributed by atoms with Gasteiger partial charge in [0.05, 0.1) is 37.7 Å². The molecule has 1 aliphatic heterocycles. The molecule has 7 nitrogen and oxygen atoms in total. The van der Waals surface area contributed by atoms with Gasteiger partial charge in [0.2, 0.25) is 0 Å². The Labute approximate surface area is 164 Å². The Morgan fingerprint density at radius 1 is 1.07 bits per heavy atom. The highest BCUT2D eigenvalue weighted by Gasteiger charge is 2.38. The minimum atomic E-state index is -0.734. The maximum absolute atomic E-state index is 12.8. The maximum Gasteiger partial charge on any atom is 0.338 e. The molecular formula is C21H24N2O5. The van der Waals surface area contributed by atoms with Crippen molar-refractivity contribution in [3.8, 4) is 11.5 Å². The van der Waals surface area contributed by atoms with Gasteiger partial charge in [-0.3, -0.25) is 4.79 Å². The van der Waals surface area contributed by atoms with E-state index in [0.29, 0.717) is 17.1 Å². The van der Waals surface area contributed by atoms with Crippen molar-refractivity contribution in [2.75, 3.05) is 37.6 Å². The molecule has 1 heterocycles. The Morgan fingerprint density at radius 3 is 2.50 bits per heavy atom. The van der Waals surface area contributed by atoms with Crippen LogP contribution in [0, 0.1) is 0 Å². The molecule has 3 rings (SSSR count). The van der Waals surface area contributed by atoms with Crippen LogP contribution in [0.1, 0.15) is 24.2 Å². The van der Waals surface area contributed by atoms with Gasteiger partial charge in [0.25, 0.3) is 5.91 Å². The van der Waals surface area contributed by atoms with E-state index in [2.05, 4.69) is 5.32 Å². The van der Waals surface area contributed by atoms with E-state index in [9.17, 15) is 9.59 Å². The predicted octanol–water partition coefficient (Wildman–Crippen LogP) is 3.10. The van der Waals surface area contributed by atoms with E-state index < -0.39 is 11.5 Å². The van der Waals surface area contributed by atoms with E-state index in [1.807, 2.05) is 38.1 Å². The summed E-state index contributed by atoms with van der Waals surface area (Å²) in [7, 11) is 3.03. The van der Waals surface area contributed by atoms with Crippen molar-refractivity contribution in [2.45, 2.75) is 19.4 Å². The lowest BCUT2D eigenvalue weighted by atomic mass is 9.98. The fourth-order valence-corrected chi connectivity index (χ4v) is 3.15. The van der Waals surface area contributed by atoms with E-state index >= 15 is 0 Å². The van der Waals surface area contributed by atoms with E-state index in [0.717, 1.165) is 11.4 Å². The number of esters is 1. The third-order valence-corrected chi connectivity index (χ3v) is 4.59. The summed E-state index contributed by atoms with van der Waals surface area (Å²) < 4.78 is 15.8. The highest BCUT2D eigenvalue weighted by molar-refractivity contribution is 6.07. The van der Waals surface area contributed by atoms with Crippen molar-refractivity contribution < 1.29 is 23.8 Å². The minimum absolute atomic E-state index is 0.0728. The standard InChI is InChI=1S/C21H24N2O5/c1-21(2)20(25)23(16-8-6-5-7-15(16)22-21)11-12-28-19(24)14-9-10-17(26-3)18(13-14)27-4/h5-10,13,22H,11-12H2,1-4H3. The fraction of sp³-hybridized carbons (Fsp3) is 0.333. The van der Waals surface area contributed by atoms with Crippen molar-refractivity contribution in [3.63, 3.8) is 0 Å². The third kappa shape index (κ3) is 3.74. The van der Waals surface area contributed by atoms with Crippen LogP contribution < -0.4 is 19.7 Å². The molecule has 1 amide bonds. The van der Waals surface area contributed by atoms with Crippen molar-refractivity contribution in [3.05, 3.63) is 48.0 Å². The number of para-hydroxylation sites is 2. The van der Waals surface area contributed by atoms with Gasteiger partial charge in [-0.2, -0.15) is 0 Å². The molecule has 0 fully saturated rings. The smallest absolute Gasteiger partial charge is 0.338 e. The maximum atomic E-state index is 12.8. The average molecular weight is 384 g/mol. The van der Waals surface area contributed by atoms with Gasteiger partial charge in [0.1, 0.15) is 12.1 Å². The summed E-state index contributed by atoms with van der Waals surface area (Å²) in [5.74, 6) is 0.415. The van der Waals surface area contributed by atoms with Gasteiger partial charge in [-0.05, 0) is 44.2 Å². The lowest BCUT2D eigenvalue weighted by Crippen LogP contribution is -2.54. The van der Waals surface area contributed by atoms with Gasteiger partial charge < -0.3 is 24.4 Å². The quantitative estimate of drug-likeness (QED) is 0.772. The van der Waals surface area contributed by atoms with Crippen LogP contribution in [-0.2, 0) is 9.53 Å². The SMILES string of the molecule is COc1ccc(C(=O)OCCN2C(=O)C(C)(C)Nc3ccccc32)cc1OC. The Morgan fingerprint density at radius 2 is 1.79 bits per heavy atom. The van der Waals surface area contributed by atoms with Crippen molar-refractivity contribution in [1.29, 1.82) is 0 Å². The molecule has 0 unspecified atom stereocenters. The van der Waals surface area contributed by atoms with Gasteiger partial charge in [-0.1, -0.05) is 12.1 Å². The number of nitrogens with one attached hydrogen (secondary N) is 1. The number of hydrogen-bond donors (Lipinski definition) is 1. The molecule has 28 heavy (non-hydrogen) atoms. The second kappa shape index (κ2) is 7.80. The minimum Gasteiger partial charge on any atom is -0.493 e. The summed E-state index contributed by atoms with van der Waals surface area (Å²) in [6, 6.07) is 12.4. The molecule has 0 saturated carbocycles. The summed E-state index contributed by atoms with van der Waals surface area (Å²) in [4.78, 5) is 26.8. The highest BCUT2D eigenvalue weighted by atomic mass is 16.5. The number of nitrogens with zero attached hydrogens (tertiary/aromatic N) is 1. The molecule has 0 radical (unpaired) electrons. The van der Waals surface area contributed by atoms with E-state index in [1.165, 1.54) is 14.2 Å². The third-order valence-electron chi connectivity index (χ3n) is 4.59. The number of amides is 1. The first-order chi connectivity index (χ1) is 13.4. The van der Waals surface area contributed by atoms with Gasteiger partial charge in [0.15, 0.2) is 11.5 Å². The predicted molar refractivity (Wildman–Crippen MR) is 106 cm³/mol. The lowest BCUT2D eigenvalue weighted by Gasteiger charge is -2.39. The number of anilines is 2. The van der Waals surface area contributed by atoms with Crippen LogP contribution in [0.4, 0.5) is 11.4 Å². The average Bonchev–Trinajstić information content (AvgIpc) is 2.69. The molecule has 0 spiro atoms. The van der Waals surface area contributed by atoms with E-state index in [1.54, 1.807) is 23.1 Å². The molecule has 1 aliphatic rings. The van der Waals surface area contributed by atoms with E-state index in [4.69, 9.17) is 14.2 Å². The molecule has 0 aromatic heterocycles. The normalized spacial score (nSPS) is 14.7. The first-order valence-corrected chi connectivity index (χ1v) is 8.95. The Hall–Kier alpha value is -3.22. The topological polar surface area (TPSA) is 77.1 Å². The van der Waals surface area contributed by atoms with Crippen molar-refractivity contribution in [2.24, 2.45) is 0 Å². The van der Waals surface area contributed by atoms with Gasteiger partial charge in [-0.15, -0.1) is 0 Å². The van der Waals surface area contributed by atoms with Crippen molar-refractivity contribution >= 4 is 23.3 Å². The van der Waals surface area contributed by atoms with Crippen LogP contribution >= 0.6 is 0 Å². The van der Waals surface area contributed by atoms with Crippen LogP contribution in [0.25, 0.3) is 0 Å². The summed E-state index contributed by atoms with van der Waals surface area (Å²) in [5.41, 5.74) is 1.26. The molecule has 1 N–H and O–H groups in total. The zero-order valence-corrected chi connectivity index (χ0v) is 16.4. The van der Waals surface area contributed by atoms with Crippen molar-refractivity contribution in [1.82, 2.24) is 0 Å². The molecule has 0 saturated heterocycles. The molecule has 0 aliphatic carbocycles. The molecule has 7 heteroatoms. The Balaban J connectivity index is 1.69. The second-order valence-electron chi connectivity index (χ2n) is 6.93. The lowest BCUT2D eigenvalue weighted by molar-refractivity contribution is -0.122. The number of methoxy groups -OCH3 is 2. The van der Waals surface area contributed by atoms with Gasteiger partial charge in [0, 0.05) is 0 Å². The van der Waals surface area contributed by atoms with Gasteiger partial charge >= 0.3 is 5.97 Å². The second-order valence-corrected chi connectivity index (χ2v) is 6.93. The number of hydrogen-bond acceptors (Lipinski definition) is 6. The summed E-state index contributed by atoms with van der Waals surface area (Å²) >= 11 is 0. The first-order valence-electron chi connectivity index (χ1n) is 8.95. The zero-order chi connectivity index (χ0) is 20.3. The number of carbonyl (C=O) groups excluding carboxylic acids is 2. The number of ether oxygens (including phenoxy) is 3. The fourth-order valence-electron chi connectivity index (χ4n) is 3.15. The molecule has 148 valence electrons. The van der Waals surface area contributed by atoms with Crippen LogP contribution in [0.5, 0.6) is 11.5 Å². The molecular weight excluding hydrogens is 360 g/mol. The van der Waals surface area contributed by atoms with E-state index in [-0.39, 0.29) is 19.1 Å². The molecule has 0 atom stereocenters.